The minimum atomic E-state index is -0.0870. The van der Waals surface area contributed by atoms with Crippen molar-refractivity contribution in [2.24, 2.45) is 0 Å². The maximum Gasteiger partial charge on any atom is 0.255 e. The molecule has 0 aliphatic carbocycles. The highest BCUT2D eigenvalue weighted by molar-refractivity contribution is 5.96. The van der Waals surface area contributed by atoms with E-state index in [9.17, 15) is 4.79 Å². The molecule has 2 aromatic rings. The Labute approximate surface area is 149 Å². The van der Waals surface area contributed by atoms with Gasteiger partial charge in [0.25, 0.3) is 5.91 Å². The second-order valence-corrected chi connectivity index (χ2v) is 6.29. The molecule has 132 valence electrons. The quantitative estimate of drug-likeness (QED) is 0.748. The van der Waals surface area contributed by atoms with E-state index in [2.05, 4.69) is 17.4 Å². The van der Waals surface area contributed by atoms with Crippen LogP contribution in [0.1, 0.15) is 35.2 Å². The van der Waals surface area contributed by atoms with Gasteiger partial charge in [-0.1, -0.05) is 42.5 Å². The fraction of sp³-hybridized carbons (Fsp3) is 0.381. The molecule has 1 fully saturated rings. The zero-order chi connectivity index (χ0) is 17.3. The third-order valence-corrected chi connectivity index (χ3v) is 4.35. The van der Waals surface area contributed by atoms with Gasteiger partial charge in [-0.3, -0.25) is 4.79 Å². The molecule has 1 unspecified atom stereocenters. The zero-order valence-electron chi connectivity index (χ0n) is 14.4. The Morgan fingerprint density at radius 1 is 1.12 bits per heavy atom. The van der Waals surface area contributed by atoms with Gasteiger partial charge in [0.05, 0.1) is 11.7 Å². The molecule has 4 nitrogen and oxygen atoms in total. The predicted octanol–water partition coefficient (Wildman–Crippen LogP) is 3.61. The summed E-state index contributed by atoms with van der Waals surface area (Å²) in [6.45, 7) is 1.95. The number of carbonyl (C=O) groups excluding carboxylic acids is 1. The first-order chi connectivity index (χ1) is 12.3. The molecule has 3 rings (SSSR count). The molecule has 0 bridgehead atoms. The lowest BCUT2D eigenvalue weighted by molar-refractivity contribution is 0.0670. The average molecular weight is 339 g/mol. The Morgan fingerprint density at radius 3 is 2.72 bits per heavy atom. The molecule has 4 heteroatoms. The van der Waals surface area contributed by atoms with Gasteiger partial charge in [0, 0.05) is 13.2 Å². The molecule has 1 amide bonds. The molecule has 1 aliphatic rings. The highest BCUT2D eigenvalue weighted by Gasteiger charge is 2.18. The number of rotatable bonds is 8. The van der Waals surface area contributed by atoms with Crippen LogP contribution in [0.5, 0.6) is 5.75 Å². The molecule has 1 N–H and O–H groups in total. The summed E-state index contributed by atoms with van der Waals surface area (Å²) in [6, 6.07) is 17.7. The maximum atomic E-state index is 12.5. The first kappa shape index (κ1) is 17.5. The van der Waals surface area contributed by atoms with Gasteiger partial charge in [-0.15, -0.1) is 0 Å². The fourth-order valence-electron chi connectivity index (χ4n) is 2.97. The van der Waals surface area contributed by atoms with Gasteiger partial charge in [0.2, 0.25) is 0 Å². The summed E-state index contributed by atoms with van der Waals surface area (Å²) in [7, 11) is 0. The van der Waals surface area contributed by atoms with E-state index >= 15 is 0 Å². The van der Waals surface area contributed by atoms with Gasteiger partial charge in [-0.2, -0.15) is 0 Å². The summed E-state index contributed by atoms with van der Waals surface area (Å²) in [5.41, 5.74) is 1.87. The molecular weight excluding hydrogens is 314 g/mol. The van der Waals surface area contributed by atoms with E-state index in [-0.39, 0.29) is 12.0 Å². The van der Waals surface area contributed by atoms with Gasteiger partial charge in [0.15, 0.2) is 0 Å². The topological polar surface area (TPSA) is 47.6 Å². The van der Waals surface area contributed by atoms with Crippen molar-refractivity contribution in [3.63, 3.8) is 0 Å². The van der Waals surface area contributed by atoms with Crippen molar-refractivity contribution in [2.75, 3.05) is 19.8 Å². The number of ether oxygens (including phenoxy) is 2. The molecule has 2 aromatic carbocycles. The Hall–Kier alpha value is -2.33. The Kier molecular flexibility index (Phi) is 6.46. The number of benzene rings is 2. The number of amides is 1. The fourth-order valence-corrected chi connectivity index (χ4v) is 2.97. The molecule has 0 saturated carbocycles. The van der Waals surface area contributed by atoms with E-state index in [1.807, 2.05) is 36.4 Å². The van der Waals surface area contributed by atoms with Crippen LogP contribution in [-0.2, 0) is 11.2 Å². The standard InChI is InChI=1S/C21H25NO3/c23-21(22-14-6-10-17-8-2-1-3-9-17)19-12-4-5-13-20(19)25-16-18-11-7-15-24-18/h1-5,8-9,12-13,18H,6-7,10-11,14-16H2,(H,22,23). The molecule has 1 saturated heterocycles. The van der Waals surface area contributed by atoms with Gasteiger partial charge in [-0.05, 0) is 43.4 Å². The Bertz CT molecular complexity index is 666. The van der Waals surface area contributed by atoms with Crippen molar-refractivity contribution in [3.05, 3.63) is 65.7 Å². The third kappa shape index (κ3) is 5.33. The lowest BCUT2D eigenvalue weighted by Crippen LogP contribution is -2.26. The van der Waals surface area contributed by atoms with Crippen molar-refractivity contribution in [3.8, 4) is 5.75 Å². The summed E-state index contributed by atoms with van der Waals surface area (Å²) in [5, 5.41) is 2.99. The molecule has 0 aromatic heterocycles. The van der Waals surface area contributed by atoms with Crippen LogP contribution in [0.4, 0.5) is 0 Å². The van der Waals surface area contributed by atoms with Crippen LogP contribution in [0.15, 0.2) is 54.6 Å². The minimum absolute atomic E-state index is 0.0870. The van der Waals surface area contributed by atoms with Gasteiger partial charge in [0.1, 0.15) is 12.4 Å². The lowest BCUT2D eigenvalue weighted by Gasteiger charge is -2.14. The lowest BCUT2D eigenvalue weighted by atomic mass is 10.1. The molecule has 0 spiro atoms. The second-order valence-electron chi connectivity index (χ2n) is 6.29. The molecule has 1 aliphatic heterocycles. The number of carbonyl (C=O) groups is 1. The number of hydrogen-bond donors (Lipinski definition) is 1. The smallest absolute Gasteiger partial charge is 0.255 e. The van der Waals surface area contributed by atoms with Crippen molar-refractivity contribution in [1.82, 2.24) is 5.32 Å². The highest BCUT2D eigenvalue weighted by atomic mass is 16.5. The molecule has 25 heavy (non-hydrogen) atoms. The zero-order valence-corrected chi connectivity index (χ0v) is 14.4. The van der Waals surface area contributed by atoms with E-state index in [1.54, 1.807) is 6.07 Å². The summed E-state index contributed by atoms with van der Waals surface area (Å²) in [4.78, 5) is 12.5. The van der Waals surface area contributed by atoms with Crippen LogP contribution in [-0.4, -0.2) is 31.8 Å². The predicted molar refractivity (Wildman–Crippen MR) is 98.0 cm³/mol. The second kappa shape index (κ2) is 9.23. The van der Waals surface area contributed by atoms with Crippen molar-refractivity contribution in [1.29, 1.82) is 0 Å². The number of nitrogens with one attached hydrogen (secondary N) is 1. The van der Waals surface area contributed by atoms with Crippen LogP contribution in [0.2, 0.25) is 0 Å². The molecule has 0 radical (unpaired) electrons. The van der Waals surface area contributed by atoms with Gasteiger partial charge < -0.3 is 14.8 Å². The SMILES string of the molecule is O=C(NCCCc1ccccc1)c1ccccc1OCC1CCCO1. The van der Waals surface area contributed by atoms with E-state index in [0.29, 0.717) is 24.5 Å². The molecule has 1 heterocycles. The first-order valence-electron chi connectivity index (χ1n) is 8.98. The van der Waals surface area contributed by atoms with Crippen molar-refractivity contribution < 1.29 is 14.3 Å². The van der Waals surface area contributed by atoms with E-state index < -0.39 is 0 Å². The molecular formula is C21H25NO3. The maximum absolute atomic E-state index is 12.5. The number of hydrogen-bond acceptors (Lipinski definition) is 3. The minimum Gasteiger partial charge on any atom is -0.490 e. The van der Waals surface area contributed by atoms with Crippen LogP contribution in [0, 0.1) is 0 Å². The number of para-hydroxylation sites is 1. The summed E-state index contributed by atoms with van der Waals surface area (Å²) < 4.78 is 11.4. The van der Waals surface area contributed by atoms with Gasteiger partial charge in [-0.25, -0.2) is 0 Å². The first-order valence-corrected chi connectivity index (χ1v) is 8.98. The van der Waals surface area contributed by atoms with Gasteiger partial charge >= 0.3 is 0 Å². The summed E-state index contributed by atoms with van der Waals surface area (Å²) in [5.74, 6) is 0.537. The number of aryl methyl sites for hydroxylation is 1. The highest BCUT2D eigenvalue weighted by Crippen LogP contribution is 2.20. The van der Waals surface area contributed by atoms with Crippen molar-refractivity contribution >= 4 is 5.91 Å². The van der Waals surface area contributed by atoms with Crippen LogP contribution in [0.25, 0.3) is 0 Å². The van der Waals surface area contributed by atoms with E-state index in [0.717, 1.165) is 32.3 Å². The molecule has 1 atom stereocenters. The summed E-state index contributed by atoms with van der Waals surface area (Å²) >= 11 is 0. The summed E-state index contributed by atoms with van der Waals surface area (Å²) in [6.07, 6.45) is 4.11. The monoisotopic (exact) mass is 339 g/mol. The van der Waals surface area contributed by atoms with Crippen LogP contribution >= 0.6 is 0 Å². The van der Waals surface area contributed by atoms with Crippen LogP contribution < -0.4 is 10.1 Å². The largest absolute Gasteiger partial charge is 0.490 e. The van der Waals surface area contributed by atoms with Crippen LogP contribution in [0.3, 0.4) is 0 Å². The normalized spacial score (nSPS) is 16.6. The van der Waals surface area contributed by atoms with E-state index in [1.165, 1.54) is 5.56 Å². The average Bonchev–Trinajstić information content (AvgIpc) is 3.18. The van der Waals surface area contributed by atoms with E-state index in [4.69, 9.17) is 9.47 Å². The Morgan fingerprint density at radius 2 is 1.92 bits per heavy atom. The third-order valence-electron chi connectivity index (χ3n) is 4.35. The van der Waals surface area contributed by atoms with Crippen molar-refractivity contribution in [2.45, 2.75) is 31.8 Å². The Balaban J connectivity index is 1.47.